The van der Waals surface area contributed by atoms with Crippen LogP contribution in [0, 0.1) is 0 Å². The van der Waals surface area contributed by atoms with Crippen molar-refractivity contribution in [1.29, 1.82) is 0 Å². The van der Waals surface area contributed by atoms with Gasteiger partial charge in [0.1, 0.15) is 0 Å². The molecule has 0 amide bonds. The Labute approximate surface area is 84.6 Å². The summed E-state index contributed by atoms with van der Waals surface area (Å²) >= 11 is 0. The third-order valence-electron chi connectivity index (χ3n) is 0. The Balaban J connectivity index is -0.0000000389. The van der Waals surface area contributed by atoms with Crippen LogP contribution in [0.2, 0.25) is 0 Å². The van der Waals surface area contributed by atoms with Gasteiger partial charge in [0.2, 0.25) is 0 Å². The van der Waals surface area contributed by atoms with Crippen molar-refractivity contribution in [2.75, 3.05) is 0 Å². The molecule has 0 radical (unpaired) electrons. The number of carbonyl (C=O) groups is 2. The van der Waals surface area contributed by atoms with Gasteiger partial charge in [-0.3, -0.25) is 9.59 Å². The zero-order chi connectivity index (χ0) is 9.86. The van der Waals surface area contributed by atoms with E-state index < -0.39 is 11.9 Å². The Morgan fingerprint density at radius 1 is 1.08 bits per heavy atom. The minimum absolute atomic E-state index is 0. The average Bonchev–Trinajstić information content (AvgIpc) is 1.60. The first-order valence-electron chi connectivity index (χ1n) is 2.19. The maximum absolute atomic E-state index is 9.00. The summed E-state index contributed by atoms with van der Waals surface area (Å²) in [5, 5.41) is 32.3. The van der Waals surface area contributed by atoms with E-state index in [1.54, 1.807) is 5.04 Å². The summed E-state index contributed by atoms with van der Waals surface area (Å²) in [5.74, 6) is -1.67. The molecule has 0 atom stereocenters. The van der Waals surface area contributed by atoms with Crippen LogP contribution in [0.5, 0.6) is 0 Å². The monoisotopic (exact) mass is 192 g/mol. The molecule has 0 rings (SSSR count). The molecular weight excluding hydrogens is 184 g/mol. The van der Waals surface area contributed by atoms with E-state index in [4.69, 9.17) is 30.3 Å². The fraction of sp³-hybridized carbons (Fsp3) is 0.500. The van der Waals surface area contributed by atoms with Gasteiger partial charge in [0.15, 0.2) is 0 Å². The summed E-state index contributed by atoms with van der Waals surface area (Å²) in [4.78, 5) is 18.0. The topological polar surface area (TPSA) is 130 Å². The van der Waals surface area contributed by atoms with Crippen molar-refractivity contribution in [3.05, 3.63) is 0 Å². The summed E-state index contributed by atoms with van der Waals surface area (Å²) in [6.07, 6.45) is 0. The van der Waals surface area contributed by atoms with Gasteiger partial charge in [-0.1, -0.05) is 0 Å². The standard InChI is InChI=1S/2C2H4O2.Mg.H2O3/c2*1-2(3)4;;1-3-2/h2*1H3,(H,3,4);;1-2H/q;;+2;/p-2. The quantitative estimate of drug-likeness (QED) is 0.244. The molecule has 8 heteroatoms. The van der Waals surface area contributed by atoms with Gasteiger partial charge in [0, 0.05) is 13.8 Å². The first-order valence-corrected chi connectivity index (χ1v) is 2.19. The van der Waals surface area contributed by atoms with Crippen LogP contribution in [0.4, 0.5) is 0 Å². The molecule has 0 aliphatic rings. The van der Waals surface area contributed by atoms with E-state index in [2.05, 4.69) is 0 Å². The van der Waals surface area contributed by atoms with Gasteiger partial charge in [-0.15, -0.1) is 0 Å². The van der Waals surface area contributed by atoms with Crippen molar-refractivity contribution < 1.29 is 35.4 Å². The maximum Gasteiger partial charge on any atom is 2.00 e. The minimum atomic E-state index is -0.833. The van der Waals surface area contributed by atoms with E-state index in [-0.39, 0.29) is 23.1 Å². The Kier molecular flexibility index (Phi) is 42.2. The third-order valence-corrected chi connectivity index (χ3v) is 0. The molecule has 0 aromatic heterocycles. The summed E-state index contributed by atoms with van der Waals surface area (Å²) in [5.41, 5.74) is 0. The van der Waals surface area contributed by atoms with Crippen molar-refractivity contribution in [2.24, 2.45) is 0 Å². The molecule has 0 aromatic rings. The molecule has 0 bridgehead atoms. The molecule has 0 heterocycles. The van der Waals surface area contributed by atoms with Crippen LogP contribution < -0.4 is 10.5 Å². The predicted octanol–water partition coefficient (Wildman–Crippen LogP) is -2.65. The predicted molar refractivity (Wildman–Crippen MR) is 33.5 cm³/mol. The molecule has 0 saturated heterocycles. The zero-order valence-corrected chi connectivity index (χ0v) is 8.06. The molecule has 0 saturated carbocycles. The Bertz CT molecular complexity index is 83.6. The van der Waals surface area contributed by atoms with E-state index in [9.17, 15) is 0 Å². The molecule has 0 fully saturated rings. The number of hydrogen-bond acceptors (Lipinski definition) is 5. The maximum atomic E-state index is 9.00. The first kappa shape index (κ1) is 22.6. The van der Waals surface area contributed by atoms with Gasteiger partial charge in [0.25, 0.3) is 11.9 Å². The fourth-order valence-electron chi connectivity index (χ4n) is 0. The normalized spacial score (nSPS) is 5.67. The molecule has 12 heavy (non-hydrogen) atoms. The molecule has 0 unspecified atom stereocenters. The molecule has 0 spiro atoms. The molecule has 2 N–H and O–H groups in total. The van der Waals surface area contributed by atoms with Crippen molar-refractivity contribution in [1.82, 2.24) is 0 Å². The van der Waals surface area contributed by atoms with Gasteiger partial charge in [0.05, 0.1) is 0 Å². The smallest absolute Gasteiger partial charge is 0.734 e. The van der Waals surface area contributed by atoms with Crippen LogP contribution in [0.3, 0.4) is 0 Å². The second-order valence-corrected chi connectivity index (χ2v) is 1.11. The van der Waals surface area contributed by atoms with E-state index in [0.29, 0.717) is 0 Å². The number of rotatable bonds is 0. The second kappa shape index (κ2) is 22.4. The number of hydrogen-bond donors (Lipinski definition) is 2. The second-order valence-electron chi connectivity index (χ2n) is 1.11. The Hall–Kier alpha value is -0.414. The molecule has 0 aliphatic heterocycles. The molecule has 0 aliphatic carbocycles. The van der Waals surface area contributed by atoms with Gasteiger partial charge in [-0.05, 0) is 0 Å². The zero-order valence-electron chi connectivity index (χ0n) is 6.64. The molecule has 7 nitrogen and oxygen atoms in total. The molecule has 68 valence electrons. The third kappa shape index (κ3) is 4130. The largest absolute Gasteiger partial charge is 2.00 e. The van der Waals surface area contributed by atoms with Gasteiger partial charge in [-0.2, -0.15) is 0 Å². The van der Waals surface area contributed by atoms with E-state index in [1.165, 1.54) is 0 Å². The van der Waals surface area contributed by atoms with Crippen LogP contribution >= 0.6 is 0 Å². The molecule has 0 aromatic carbocycles. The number of carboxylic acid groups (broad SMARTS) is 2. The molecular formula is C4H8MgO7. The van der Waals surface area contributed by atoms with Crippen LogP contribution in [0.25, 0.3) is 0 Å². The van der Waals surface area contributed by atoms with Gasteiger partial charge < -0.3 is 25.8 Å². The van der Waals surface area contributed by atoms with Gasteiger partial charge >= 0.3 is 23.1 Å². The Morgan fingerprint density at radius 2 is 1.08 bits per heavy atom. The summed E-state index contributed by atoms with van der Waals surface area (Å²) in [6, 6.07) is 0. The van der Waals surface area contributed by atoms with Crippen molar-refractivity contribution in [3.63, 3.8) is 0 Å². The average molecular weight is 192 g/mol. The van der Waals surface area contributed by atoms with Crippen LogP contribution in [0.1, 0.15) is 13.8 Å². The fourth-order valence-corrected chi connectivity index (χ4v) is 0. The van der Waals surface area contributed by atoms with Crippen LogP contribution in [0.15, 0.2) is 0 Å². The van der Waals surface area contributed by atoms with Crippen molar-refractivity contribution in [3.8, 4) is 0 Å². The van der Waals surface area contributed by atoms with E-state index in [0.717, 1.165) is 13.8 Å². The van der Waals surface area contributed by atoms with Crippen LogP contribution in [-0.4, -0.2) is 45.2 Å². The number of carboxylic acids is 2. The first-order chi connectivity index (χ1) is 4.88. The van der Waals surface area contributed by atoms with Gasteiger partial charge in [-0.25, -0.2) is 0 Å². The van der Waals surface area contributed by atoms with Crippen molar-refractivity contribution >= 4 is 35.0 Å². The summed E-state index contributed by atoms with van der Waals surface area (Å²) < 4.78 is 0. The van der Waals surface area contributed by atoms with E-state index in [1.807, 2.05) is 0 Å². The SMILES string of the molecule is CC(=O)O.CC(=O)O.[Mg+2].[O-]O[O-]. The minimum Gasteiger partial charge on any atom is -0.734 e. The summed E-state index contributed by atoms with van der Waals surface area (Å²) in [7, 11) is 0. The number of aliphatic carboxylic acids is 2. The summed E-state index contributed by atoms with van der Waals surface area (Å²) in [6.45, 7) is 2.17. The van der Waals surface area contributed by atoms with Crippen LogP contribution in [-0.2, 0) is 14.6 Å². The Morgan fingerprint density at radius 3 is 1.08 bits per heavy atom. The van der Waals surface area contributed by atoms with E-state index >= 15 is 0 Å². The van der Waals surface area contributed by atoms with Crippen molar-refractivity contribution in [2.45, 2.75) is 13.8 Å².